The van der Waals surface area contributed by atoms with Crippen molar-refractivity contribution in [3.8, 4) is 0 Å². The SMILES string of the molecule is CC(CNC(=O)CNC(=O)Cc1ccccc1)c1ccccc1. The molecule has 0 aliphatic heterocycles. The van der Waals surface area contributed by atoms with Gasteiger partial charge in [-0.1, -0.05) is 67.6 Å². The number of carbonyl (C=O) groups excluding carboxylic acids is 2. The van der Waals surface area contributed by atoms with Crippen LogP contribution in [0.15, 0.2) is 60.7 Å². The van der Waals surface area contributed by atoms with Crippen molar-refractivity contribution in [3.63, 3.8) is 0 Å². The van der Waals surface area contributed by atoms with Gasteiger partial charge >= 0.3 is 0 Å². The fourth-order valence-electron chi connectivity index (χ4n) is 2.25. The predicted octanol–water partition coefficient (Wildman–Crippen LogP) is 2.27. The molecule has 2 N–H and O–H groups in total. The molecule has 23 heavy (non-hydrogen) atoms. The molecule has 0 spiro atoms. The van der Waals surface area contributed by atoms with Crippen molar-refractivity contribution in [2.75, 3.05) is 13.1 Å². The van der Waals surface area contributed by atoms with Gasteiger partial charge in [0.1, 0.15) is 0 Å². The van der Waals surface area contributed by atoms with E-state index < -0.39 is 0 Å². The molecule has 2 rings (SSSR count). The minimum atomic E-state index is -0.172. The molecule has 0 fully saturated rings. The van der Waals surface area contributed by atoms with Gasteiger partial charge in [-0.25, -0.2) is 0 Å². The molecule has 1 atom stereocenters. The second-order valence-corrected chi connectivity index (χ2v) is 5.55. The summed E-state index contributed by atoms with van der Waals surface area (Å²) >= 11 is 0. The Labute approximate surface area is 136 Å². The first-order valence-electron chi connectivity index (χ1n) is 7.77. The first kappa shape index (κ1) is 16.7. The third kappa shape index (κ3) is 5.94. The molecule has 120 valence electrons. The second-order valence-electron chi connectivity index (χ2n) is 5.55. The summed E-state index contributed by atoms with van der Waals surface area (Å²) in [5.41, 5.74) is 2.11. The maximum atomic E-state index is 11.8. The van der Waals surface area contributed by atoms with Crippen molar-refractivity contribution in [1.29, 1.82) is 0 Å². The third-order valence-corrected chi connectivity index (χ3v) is 3.63. The zero-order valence-electron chi connectivity index (χ0n) is 13.3. The van der Waals surface area contributed by atoms with E-state index >= 15 is 0 Å². The number of carbonyl (C=O) groups is 2. The lowest BCUT2D eigenvalue weighted by Crippen LogP contribution is -2.38. The molecule has 4 nitrogen and oxygen atoms in total. The van der Waals surface area contributed by atoms with Crippen LogP contribution in [0, 0.1) is 0 Å². The maximum Gasteiger partial charge on any atom is 0.239 e. The van der Waals surface area contributed by atoms with Gasteiger partial charge in [0.15, 0.2) is 0 Å². The number of rotatable bonds is 7. The standard InChI is InChI=1S/C19H22N2O2/c1-15(17-10-6-3-7-11-17)13-20-19(23)14-21-18(22)12-16-8-4-2-5-9-16/h2-11,15H,12-14H2,1H3,(H,20,23)(H,21,22). The van der Waals surface area contributed by atoms with Crippen LogP contribution in [0.3, 0.4) is 0 Å². The molecule has 4 heteroatoms. The van der Waals surface area contributed by atoms with E-state index in [1.54, 1.807) is 0 Å². The molecule has 1 unspecified atom stereocenters. The van der Waals surface area contributed by atoms with Gasteiger partial charge in [-0.05, 0) is 17.0 Å². The molecule has 2 aromatic rings. The Hall–Kier alpha value is -2.62. The van der Waals surface area contributed by atoms with Gasteiger partial charge in [-0.15, -0.1) is 0 Å². The first-order valence-corrected chi connectivity index (χ1v) is 7.77. The van der Waals surface area contributed by atoms with E-state index in [4.69, 9.17) is 0 Å². The van der Waals surface area contributed by atoms with E-state index in [9.17, 15) is 9.59 Å². The lowest BCUT2D eigenvalue weighted by Gasteiger charge is -2.13. The van der Waals surface area contributed by atoms with Gasteiger partial charge in [0.05, 0.1) is 13.0 Å². The highest BCUT2D eigenvalue weighted by atomic mass is 16.2. The Balaban J connectivity index is 1.68. The Morgan fingerprint density at radius 2 is 1.48 bits per heavy atom. The van der Waals surface area contributed by atoms with Crippen molar-refractivity contribution < 1.29 is 9.59 Å². The Kier molecular flexibility index (Phi) is 6.36. The number of nitrogens with one attached hydrogen (secondary N) is 2. The van der Waals surface area contributed by atoms with Gasteiger partial charge in [0, 0.05) is 6.54 Å². The van der Waals surface area contributed by atoms with E-state index in [1.165, 1.54) is 5.56 Å². The summed E-state index contributed by atoms with van der Waals surface area (Å²) in [6.07, 6.45) is 0.286. The normalized spacial score (nSPS) is 11.5. The average Bonchev–Trinajstić information content (AvgIpc) is 2.59. The topological polar surface area (TPSA) is 58.2 Å². The molecule has 0 aromatic heterocycles. The van der Waals surface area contributed by atoms with Crippen molar-refractivity contribution in [3.05, 3.63) is 71.8 Å². The molecule has 0 heterocycles. The van der Waals surface area contributed by atoms with Crippen LogP contribution in [0.1, 0.15) is 24.0 Å². The maximum absolute atomic E-state index is 11.8. The largest absolute Gasteiger partial charge is 0.354 e. The molecule has 2 amide bonds. The smallest absolute Gasteiger partial charge is 0.239 e. The zero-order chi connectivity index (χ0) is 16.5. The van der Waals surface area contributed by atoms with Crippen LogP contribution in [0.25, 0.3) is 0 Å². The fourth-order valence-corrected chi connectivity index (χ4v) is 2.25. The Morgan fingerprint density at radius 1 is 0.870 bits per heavy atom. The highest BCUT2D eigenvalue weighted by Gasteiger charge is 2.09. The summed E-state index contributed by atoms with van der Waals surface area (Å²) in [6.45, 7) is 2.62. The van der Waals surface area contributed by atoms with E-state index in [0.29, 0.717) is 6.54 Å². The third-order valence-electron chi connectivity index (χ3n) is 3.63. The first-order chi connectivity index (χ1) is 11.1. The minimum Gasteiger partial charge on any atom is -0.354 e. The van der Waals surface area contributed by atoms with E-state index in [2.05, 4.69) is 17.6 Å². The molecule has 2 aromatic carbocycles. The van der Waals surface area contributed by atoms with Crippen molar-refractivity contribution >= 4 is 11.8 Å². The second kappa shape index (κ2) is 8.73. The van der Waals surface area contributed by atoms with E-state index in [0.717, 1.165) is 5.56 Å². The van der Waals surface area contributed by atoms with Crippen LogP contribution in [-0.4, -0.2) is 24.9 Å². The number of benzene rings is 2. The van der Waals surface area contributed by atoms with E-state index in [1.807, 2.05) is 60.7 Å². The minimum absolute atomic E-state index is 0.00712. The molecule has 0 saturated carbocycles. The van der Waals surface area contributed by atoms with Crippen LogP contribution in [0.4, 0.5) is 0 Å². The Morgan fingerprint density at radius 3 is 2.13 bits per heavy atom. The van der Waals surface area contributed by atoms with Crippen LogP contribution in [-0.2, 0) is 16.0 Å². The quantitative estimate of drug-likeness (QED) is 0.824. The number of hydrogen-bond donors (Lipinski definition) is 2. The highest BCUT2D eigenvalue weighted by Crippen LogP contribution is 2.12. The predicted molar refractivity (Wildman–Crippen MR) is 91.0 cm³/mol. The molecule has 0 radical (unpaired) electrons. The van der Waals surface area contributed by atoms with Crippen LogP contribution in [0.2, 0.25) is 0 Å². The summed E-state index contributed by atoms with van der Waals surface area (Å²) in [4.78, 5) is 23.6. The van der Waals surface area contributed by atoms with Crippen molar-refractivity contribution in [2.45, 2.75) is 19.3 Å². The highest BCUT2D eigenvalue weighted by molar-refractivity contribution is 5.85. The fraction of sp³-hybridized carbons (Fsp3) is 0.263. The van der Waals surface area contributed by atoms with Crippen LogP contribution in [0.5, 0.6) is 0 Å². The lowest BCUT2D eigenvalue weighted by molar-refractivity contribution is -0.125. The summed E-state index contributed by atoms with van der Waals surface area (Å²) in [7, 11) is 0. The van der Waals surface area contributed by atoms with Gasteiger partial charge in [-0.2, -0.15) is 0 Å². The zero-order valence-corrected chi connectivity index (χ0v) is 13.3. The van der Waals surface area contributed by atoms with Crippen LogP contribution >= 0.6 is 0 Å². The lowest BCUT2D eigenvalue weighted by atomic mass is 10.0. The summed E-state index contributed by atoms with van der Waals surface area (Å²) in [5, 5.41) is 5.49. The Bertz CT molecular complexity index is 626. The van der Waals surface area contributed by atoms with Crippen molar-refractivity contribution in [2.24, 2.45) is 0 Å². The summed E-state index contributed by atoms with van der Waals surface area (Å²) in [6, 6.07) is 19.5. The number of amides is 2. The van der Waals surface area contributed by atoms with Gasteiger partial charge < -0.3 is 10.6 Å². The molecule has 0 aliphatic rings. The molecule has 0 bridgehead atoms. The molecular formula is C19H22N2O2. The molecule has 0 saturated heterocycles. The molecule has 0 aliphatic carbocycles. The van der Waals surface area contributed by atoms with E-state index in [-0.39, 0.29) is 30.7 Å². The van der Waals surface area contributed by atoms with Gasteiger partial charge in [0.25, 0.3) is 0 Å². The van der Waals surface area contributed by atoms with Gasteiger partial charge in [0.2, 0.25) is 11.8 Å². The molecular weight excluding hydrogens is 288 g/mol. The van der Waals surface area contributed by atoms with Crippen molar-refractivity contribution in [1.82, 2.24) is 10.6 Å². The average molecular weight is 310 g/mol. The number of hydrogen-bond acceptors (Lipinski definition) is 2. The monoisotopic (exact) mass is 310 g/mol. The van der Waals surface area contributed by atoms with Crippen LogP contribution < -0.4 is 10.6 Å². The van der Waals surface area contributed by atoms with Gasteiger partial charge in [-0.3, -0.25) is 9.59 Å². The summed E-state index contributed by atoms with van der Waals surface area (Å²) in [5.74, 6) is -0.0863. The summed E-state index contributed by atoms with van der Waals surface area (Å²) < 4.78 is 0.